The molecule has 1 fully saturated rings. The summed E-state index contributed by atoms with van der Waals surface area (Å²) in [5, 5.41) is 9.82. The number of hydrogen-bond acceptors (Lipinski definition) is 4. The summed E-state index contributed by atoms with van der Waals surface area (Å²) in [5.74, 6) is -1.11. The first-order chi connectivity index (χ1) is 16.3. The van der Waals surface area contributed by atoms with E-state index in [0.717, 1.165) is 21.2 Å². The molecule has 0 aromatic heterocycles. The van der Waals surface area contributed by atoms with Crippen molar-refractivity contribution in [3.8, 4) is 0 Å². The van der Waals surface area contributed by atoms with Gasteiger partial charge in [0.2, 0.25) is 10.0 Å². The molecule has 0 amide bonds. The molecule has 5 nitrogen and oxygen atoms in total. The number of aliphatic carboxylic acids is 1. The first-order valence-electron chi connectivity index (χ1n) is 11.0. The predicted octanol–water partition coefficient (Wildman–Crippen LogP) is 5.90. The van der Waals surface area contributed by atoms with Crippen LogP contribution in [0.2, 0.25) is 0 Å². The largest absolute Gasteiger partial charge is 0.481 e. The highest BCUT2D eigenvalue weighted by Crippen LogP contribution is 2.43. The quantitative estimate of drug-likeness (QED) is 0.390. The minimum absolute atomic E-state index is 0.0664. The summed E-state index contributed by atoms with van der Waals surface area (Å²) in [4.78, 5) is 12.5. The molecule has 178 valence electrons. The first-order valence-corrected chi connectivity index (χ1v) is 14.3. The van der Waals surface area contributed by atoms with Gasteiger partial charge in [-0.05, 0) is 48.7 Å². The fourth-order valence-corrected chi connectivity index (χ4v) is 7.50. The average molecular weight is 561 g/mol. The number of rotatable bonds is 7. The van der Waals surface area contributed by atoms with Crippen LogP contribution < -0.4 is 0 Å². The number of benzene rings is 3. The fourth-order valence-electron chi connectivity index (χ4n) is 4.23. The molecule has 1 saturated heterocycles. The Hall–Kier alpha value is -2.13. The van der Waals surface area contributed by atoms with Crippen LogP contribution in [0.5, 0.6) is 0 Å². The number of carboxylic acids is 1. The highest BCUT2D eigenvalue weighted by atomic mass is 79.9. The van der Waals surface area contributed by atoms with Gasteiger partial charge in [-0.3, -0.25) is 4.79 Å². The van der Waals surface area contributed by atoms with Crippen LogP contribution in [-0.4, -0.2) is 35.6 Å². The van der Waals surface area contributed by atoms with Crippen LogP contribution in [0.1, 0.15) is 29.2 Å². The molecule has 0 bridgehead atoms. The SMILES string of the molecule is Cc1ccc(S(=O)(=O)N2C[C@@H](C(=O)O)[C@H](SCc3ccc(Br)cc3)C[C@H]2c2ccccc2)cc1. The molecule has 0 radical (unpaired) electrons. The molecular formula is C26H26BrNO4S2. The zero-order chi connectivity index (χ0) is 24.3. The van der Waals surface area contributed by atoms with Crippen LogP contribution >= 0.6 is 27.7 Å². The third-order valence-corrected chi connectivity index (χ3v) is 10.0. The Morgan fingerprint density at radius 2 is 1.68 bits per heavy atom. The molecule has 3 aromatic carbocycles. The Kier molecular flexibility index (Phi) is 7.82. The lowest BCUT2D eigenvalue weighted by Crippen LogP contribution is -2.49. The molecule has 4 rings (SSSR count). The molecule has 1 aliphatic rings. The van der Waals surface area contributed by atoms with E-state index in [0.29, 0.717) is 12.2 Å². The number of hydrogen-bond donors (Lipinski definition) is 1. The summed E-state index contributed by atoms with van der Waals surface area (Å²) in [6.07, 6.45) is 0.424. The van der Waals surface area contributed by atoms with E-state index in [1.165, 1.54) is 4.31 Å². The Morgan fingerprint density at radius 1 is 1.03 bits per heavy atom. The van der Waals surface area contributed by atoms with Crippen LogP contribution in [0, 0.1) is 12.8 Å². The van der Waals surface area contributed by atoms with Gasteiger partial charge in [0.1, 0.15) is 0 Å². The number of piperidine rings is 1. The monoisotopic (exact) mass is 559 g/mol. The summed E-state index contributed by atoms with van der Waals surface area (Å²) in [6.45, 7) is 1.83. The number of carboxylic acid groups (broad SMARTS) is 1. The Morgan fingerprint density at radius 3 is 2.29 bits per heavy atom. The molecular weight excluding hydrogens is 534 g/mol. The molecule has 0 saturated carbocycles. The van der Waals surface area contributed by atoms with E-state index in [1.54, 1.807) is 36.0 Å². The second-order valence-electron chi connectivity index (χ2n) is 8.47. The molecule has 3 atom stereocenters. The van der Waals surface area contributed by atoms with Gasteiger partial charge in [-0.15, -0.1) is 0 Å². The Balaban J connectivity index is 1.67. The number of sulfonamides is 1. The van der Waals surface area contributed by atoms with Crippen LogP contribution in [0.3, 0.4) is 0 Å². The van der Waals surface area contributed by atoms with Crippen molar-refractivity contribution in [2.75, 3.05) is 6.54 Å². The van der Waals surface area contributed by atoms with Crippen molar-refractivity contribution in [3.05, 3.63) is 100 Å². The summed E-state index contributed by atoms with van der Waals surface area (Å²) in [7, 11) is -3.88. The van der Waals surface area contributed by atoms with E-state index in [2.05, 4.69) is 15.9 Å². The van der Waals surface area contributed by atoms with Gasteiger partial charge in [-0.25, -0.2) is 8.42 Å². The van der Waals surface area contributed by atoms with Crippen molar-refractivity contribution >= 4 is 43.7 Å². The molecule has 0 aliphatic carbocycles. The summed E-state index contributed by atoms with van der Waals surface area (Å²) < 4.78 is 29.8. The van der Waals surface area contributed by atoms with Gasteiger partial charge in [0.15, 0.2) is 0 Å². The minimum atomic E-state index is -3.88. The van der Waals surface area contributed by atoms with E-state index in [4.69, 9.17) is 0 Å². The van der Waals surface area contributed by atoms with Gasteiger partial charge >= 0.3 is 5.97 Å². The maximum Gasteiger partial charge on any atom is 0.308 e. The standard InChI is InChI=1S/C26H26BrNO4S2/c1-18-7-13-22(14-8-18)34(31,32)28-16-23(26(29)30)25(15-24(28)20-5-3-2-4-6-20)33-17-19-9-11-21(27)12-10-19/h2-14,23-25H,15-17H2,1H3,(H,29,30)/t23-,24+,25-/m1/s1. The lowest BCUT2D eigenvalue weighted by Gasteiger charge is -2.41. The molecule has 0 unspecified atom stereocenters. The van der Waals surface area contributed by atoms with Gasteiger partial charge in [0, 0.05) is 22.0 Å². The molecule has 3 aromatic rings. The summed E-state index contributed by atoms with van der Waals surface area (Å²) >= 11 is 5.02. The van der Waals surface area contributed by atoms with E-state index in [-0.39, 0.29) is 16.7 Å². The highest BCUT2D eigenvalue weighted by Gasteiger charge is 2.45. The third-order valence-electron chi connectivity index (χ3n) is 6.14. The second kappa shape index (κ2) is 10.6. The number of halogens is 1. The van der Waals surface area contributed by atoms with Crippen LogP contribution in [0.4, 0.5) is 0 Å². The normalized spacial score (nSPS) is 21.3. The number of nitrogens with zero attached hydrogens (tertiary/aromatic N) is 1. The molecule has 1 aliphatic heterocycles. The fraction of sp³-hybridized carbons (Fsp3) is 0.269. The van der Waals surface area contributed by atoms with Crippen molar-refractivity contribution in [3.63, 3.8) is 0 Å². The van der Waals surface area contributed by atoms with Gasteiger partial charge in [-0.2, -0.15) is 16.1 Å². The maximum absolute atomic E-state index is 13.7. The predicted molar refractivity (Wildman–Crippen MR) is 139 cm³/mol. The summed E-state index contributed by atoms with van der Waals surface area (Å²) in [6, 6.07) is 23.7. The van der Waals surface area contributed by atoms with Crippen molar-refractivity contribution in [1.82, 2.24) is 4.31 Å². The van der Waals surface area contributed by atoms with Crippen molar-refractivity contribution in [2.45, 2.75) is 35.3 Å². The van der Waals surface area contributed by atoms with Crippen molar-refractivity contribution < 1.29 is 18.3 Å². The number of carbonyl (C=O) groups is 1. The first kappa shape index (κ1) is 25.0. The molecule has 34 heavy (non-hydrogen) atoms. The van der Waals surface area contributed by atoms with Gasteiger partial charge < -0.3 is 5.11 Å². The molecule has 1 N–H and O–H groups in total. The smallest absolute Gasteiger partial charge is 0.308 e. The van der Waals surface area contributed by atoms with E-state index >= 15 is 0 Å². The van der Waals surface area contributed by atoms with Gasteiger partial charge in [0.05, 0.1) is 16.9 Å². The lowest BCUT2D eigenvalue weighted by atomic mass is 9.90. The van der Waals surface area contributed by atoms with E-state index in [1.807, 2.05) is 61.5 Å². The topological polar surface area (TPSA) is 74.7 Å². The number of thioether (sulfide) groups is 1. The molecule has 8 heteroatoms. The second-order valence-corrected chi connectivity index (χ2v) is 12.5. The van der Waals surface area contributed by atoms with E-state index < -0.39 is 28.0 Å². The van der Waals surface area contributed by atoms with Crippen LogP contribution in [0.25, 0.3) is 0 Å². The lowest BCUT2D eigenvalue weighted by molar-refractivity contribution is -0.143. The molecule has 0 spiro atoms. The highest BCUT2D eigenvalue weighted by molar-refractivity contribution is 9.10. The zero-order valence-corrected chi connectivity index (χ0v) is 21.9. The average Bonchev–Trinajstić information content (AvgIpc) is 2.84. The van der Waals surface area contributed by atoms with Crippen LogP contribution in [0.15, 0.2) is 88.2 Å². The van der Waals surface area contributed by atoms with Crippen molar-refractivity contribution in [1.29, 1.82) is 0 Å². The zero-order valence-electron chi connectivity index (χ0n) is 18.7. The third kappa shape index (κ3) is 5.57. The minimum Gasteiger partial charge on any atom is -0.481 e. The number of aryl methyl sites for hydroxylation is 1. The molecule has 1 heterocycles. The summed E-state index contributed by atoms with van der Waals surface area (Å²) in [5.41, 5.74) is 2.93. The van der Waals surface area contributed by atoms with Crippen LogP contribution in [-0.2, 0) is 20.6 Å². The van der Waals surface area contributed by atoms with Gasteiger partial charge in [-0.1, -0.05) is 76.1 Å². The maximum atomic E-state index is 13.7. The Labute approximate surface area is 213 Å². The van der Waals surface area contributed by atoms with Crippen molar-refractivity contribution in [2.24, 2.45) is 5.92 Å². The van der Waals surface area contributed by atoms with Gasteiger partial charge in [0.25, 0.3) is 0 Å². The van der Waals surface area contributed by atoms with E-state index in [9.17, 15) is 18.3 Å². The Bertz CT molecular complexity index is 1230.